The third-order valence-corrected chi connectivity index (χ3v) is 5.54. The normalized spacial score (nSPS) is 16.5. The number of nitrogens with zero attached hydrogens (tertiary/aromatic N) is 3. The van der Waals surface area contributed by atoms with Crippen LogP contribution >= 0.6 is 11.3 Å². The lowest BCUT2D eigenvalue weighted by Crippen LogP contribution is -2.33. The lowest BCUT2D eigenvalue weighted by atomic mass is 10.1. The number of benzene rings is 1. The SMILES string of the molecule is CCc1nnc(NC(=O)c2ccc(NC(=O)C3CC(=O)N(C(C)C)C3)cc2)s1. The Kier molecular flexibility index (Phi) is 6.03. The number of aryl methyl sites for hydroxylation is 1. The predicted octanol–water partition coefficient (Wildman–Crippen LogP) is 2.55. The molecular weight excluding hydrogens is 378 g/mol. The number of carbonyl (C=O) groups excluding carboxylic acids is 3. The summed E-state index contributed by atoms with van der Waals surface area (Å²) in [5.41, 5.74) is 1.04. The first-order chi connectivity index (χ1) is 13.4. The van der Waals surface area contributed by atoms with E-state index < -0.39 is 0 Å². The van der Waals surface area contributed by atoms with Gasteiger partial charge in [-0.15, -0.1) is 10.2 Å². The van der Waals surface area contributed by atoms with E-state index in [-0.39, 0.29) is 36.1 Å². The quantitative estimate of drug-likeness (QED) is 0.774. The van der Waals surface area contributed by atoms with Crippen molar-refractivity contribution >= 4 is 39.9 Å². The van der Waals surface area contributed by atoms with Crippen molar-refractivity contribution in [3.05, 3.63) is 34.8 Å². The van der Waals surface area contributed by atoms with Gasteiger partial charge in [0.1, 0.15) is 5.01 Å². The molecule has 9 heteroatoms. The van der Waals surface area contributed by atoms with Gasteiger partial charge in [0.25, 0.3) is 5.91 Å². The summed E-state index contributed by atoms with van der Waals surface area (Å²) in [6, 6.07) is 6.69. The van der Waals surface area contributed by atoms with E-state index in [1.165, 1.54) is 11.3 Å². The highest BCUT2D eigenvalue weighted by atomic mass is 32.1. The van der Waals surface area contributed by atoms with Crippen LogP contribution in [0.4, 0.5) is 10.8 Å². The summed E-state index contributed by atoms with van der Waals surface area (Å²) < 4.78 is 0. The Morgan fingerprint density at radius 1 is 1.21 bits per heavy atom. The van der Waals surface area contributed by atoms with Gasteiger partial charge in [-0.1, -0.05) is 18.3 Å². The molecule has 2 heterocycles. The molecular formula is C19H23N5O3S. The Balaban J connectivity index is 1.57. The number of anilines is 2. The highest BCUT2D eigenvalue weighted by Gasteiger charge is 2.35. The Labute approximate surface area is 167 Å². The molecule has 28 heavy (non-hydrogen) atoms. The molecule has 148 valence electrons. The van der Waals surface area contributed by atoms with Gasteiger partial charge in [0.2, 0.25) is 16.9 Å². The second-order valence-electron chi connectivity index (χ2n) is 6.92. The molecule has 1 fully saturated rings. The number of likely N-dealkylation sites (tertiary alicyclic amines) is 1. The van der Waals surface area contributed by atoms with E-state index in [1.54, 1.807) is 29.2 Å². The number of carbonyl (C=O) groups is 3. The Hall–Kier alpha value is -2.81. The van der Waals surface area contributed by atoms with Crippen molar-refractivity contribution in [2.24, 2.45) is 5.92 Å². The van der Waals surface area contributed by atoms with E-state index in [0.717, 1.165) is 11.4 Å². The molecule has 1 aromatic carbocycles. The smallest absolute Gasteiger partial charge is 0.257 e. The van der Waals surface area contributed by atoms with Crippen LogP contribution in [0.15, 0.2) is 24.3 Å². The van der Waals surface area contributed by atoms with Crippen LogP contribution in [-0.2, 0) is 16.0 Å². The number of amides is 3. The van der Waals surface area contributed by atoms with Crippen LogP contribution in [0.3, 0.4) is 0 Å². The van der Waals surface area contributed by atoms with Crippen molar-refractivity contribution in [2.75, 3.05) is 17.2 Å². The van der Waals surface area contributed by atoms with E-state index in [9.17, 15) is 14.4 Å². The number of hydrogen-bond acceptors (Lipinski definition) is 6. The fraction of sp³-hybridized carbons (Fsp3) is 0.421. The molecule has 3 amide bonds. The van der Waals surface area contributed by atoms with Crippen LogP contribution in [0.2, 0.25) is 0 Å². The molecule has 1 aliphatic heterocycles. The fourth-order valence-electron chi connectivity index (χ4n) is 2.97. The fourth-order valence-corrected chi connectivity index (χ4v) is 3.65. The zero-order valence-electron chi connectivity index (χ0n) is 16.1. The number of hydrogen-bond donors (Lipinski definition) is 2. The van der Waals surface area contributed by atoms with E-state index in [1.807, 2.05) is 20.8 Å². The summed E-state index contributed by atoms with van der Waals surface area (Å²) in [5.74, 6) is -0.826. The van der Waals surface area contributed by atoms with Crippen LogP contribution in [0.1, 0.15) is 42.6 Å². The van der Waals surface area contributed by atoms with Gasteiger partial charge < -0.3 is 10.2 Å². The van der Waals surface area contributed by atoms with Crippen molar-refractivity contribution < 1.29 is 14.4 Å². The van der Waals surface area contributed by atoms with E-state index >= 15 is 0 Å². The van der Waals surface area contributed by atoms with Gasteiger partial charge in [0.15, 0.2) is 0 Å². The van der Waals surface area contributed by atoms with Gasteiger partial charge in [-0.05, 0) is 44.5 Å². The topological polar surface area (TPSA) is 104 Å². The standard InChI is InChI=1S/C19H23N5O3S/c1-4-15-22-23-19(28-15)21-17(26)12-5-7-14(8-6-12)20-18(27)13-9-16(25)24(10-13)11(2)3/h5-8,11,13H,4,9-10H2,1-3H3,(H,20,27)(H,21,23,26). The van der Waals surface area contributed by atoms with Crippen LogP contribution < -0.4 is 10.6 Å². The Morgan fingerprint density at radius 2 is 1.93 bits per heavy atom. The van der Waals surface area contributed by atoms with E-state index in [4.69, 9.17) is 0 Å². The predicted molar refractivity (Wildman–Crippen MR) is 107 cm³/mol. The minimum Gasteiger partial charge on any atom is -0.339 e. The first-order valence-corrected chi connectivity index (χ1v) is 10.0. The zero-order valence-corrected chi connectivity index (χ0v) is 16.9. The minimum atomic E-state index is -0.358. The molecule has 1 atom stereocenters. The summed E-state index contributed by atoms with van der Waals surface area (Å²) in [6.45, 7) is 6.28. The zero-order chi connectivity index (χ0) is 20.3. The van der Waals surface area contributed by atoms with Crippen molar-refractivity contribution in [3.63, 3.8) is 0 Å². The molecule has 8 nitrogen and oxygen atoms in total. The maximum atomic E-state index is 12.4. The highest BCUT2D eigenvalue weighted by Crippen LogP contribution is 2.22. The summed E-state index contributed by atoms with van der Waals surface area (Å²) in [5, 5.41) is 14.7. The van der Waals surface area contributed by atoms with Gasteiger partial charge in [0.05, 0.1) is 5.92 Å². The third-order valence-electron chi connectivity index (χ3n) is 4.56. The van der Waals surface area contributed by atoms with Crippen molar-refractivity contribution in [3.8, 4) is 0 Å². The maximum absolute atomic E-state index is 12.4. The Morgan fingerprint density at radius 3 is 2.50 bits per heavy atom. The molecule has 0 spiro atoms. The molecule has 0 aliphatic carbocycles. The molecule has 1 aliphatic rings. The third kappa shape index (κ3) is 4.53. The van der Waals surface area contributed by atoms with Crippen LogP contribution in [0, 0.1) is 5.92 Å². The van der Waals surface area contributed by atoms with Gasteiger partial charge in [0, 0.05) is 30.3 Å². The van der Waals surface area contributed by atoms with Gasteiger partial charge >= 0.3 is 0 Å². The number of aromatic nitrogens is 2. The maximum Gasteiger partial charge on any atom is 0.257 e. The summed E-state index contributed by atoms with van der Waals surface area (Å²) in [7, 11) is 0. The average molecular weight is 401 g/mol. The molecule has 1 unspecified atom stereocenters. The molecule has 2 N–H and O–H groups in total. The lowest BCUT2D eigenvalue weighted by molar-refractivity contribution is -0.129. The molecule has 1 aromatic heterocycles. The molecule has 2 aromatic rings. The van der Waals surface area contributed by atoms with Crippen LogP contribution in [0.5, 0.6) is 0 Å². The Bertz CT molecular complexity index is 878. The monoisotopic (exact) mass is 401 g/mol. The molecule has 0 bridgehead atoms. The van der Waals surface area contributed by atoms with E-state index in [2.05, 4.69) is 20.8 Å². The second kappa shape index (κ2) is 8.47. The van der Waals surface area contributed by atoms with E-state index in [0.29, 0.717) is 22.9 Å². The van der Waals surface area contributed by atoms with Crippen molar-refractivity contribution in [2.45, 2.75) is 39.7 Å². The van der Waals surface area contributed by atoms with Crippen LogP contribution in [0.25, 0.3) is 0 Å². The molecule has 0 saturated carbocycles. The minimum absolute atomic E-state index is 0.00470. The average Bonchev–Trinajstić information content (AvgIpc) is 3.28. The van der Waals surface area contributed by atoms with Gasteiger partial charge in [-0.25, -0.2) is 0 Å². The second-order valence-corrected chi connectivity index (χ2v) is 7.98. The summed E-state index contributed by atoms with van der Waals surface area (Å²) >= 11 is 1.34. The molecule has 1 saturated heterocycles. The number of nitrogens with one attached hydrogen (secondary N) is 2. The van der Waals surface area contributed by atoms with Gasteiger partial charge in [-0.2, -0.15) is 0 Å². The highest BCUT2D eigenvalue weighted by molar-refractivity contribution is 7.15. The van der Waals surface area contributed by atoms with Crippen LogP contribution in [-0.4, -0.2) is 45.4 Å². The lowest BCUT2D eigenvalue weighted by Gasteiger charge is -2.20. The van der Waals surface area contributed by atoms with Gasteiger partial charge in [-0.3, -0.25) is 19.7 Å². The van der Waals surface area contributed by atoms with Crippen molar-refractivity contribution in [1.29, 1.82) is 0 Å². The van der Waals surface area contributed by atoms with Crippen molar-refractivity contribution in [1.82, 2.24) is 15.1 Å². The largest absolute Gasteiger partial charge is 0.339 e. The number of rotatable bonds is 6. The summed E-state index contributed by atoms with van der Waals surface area (Å²) in [6.07, 6.45) is 0.996. The first kappa shape index (κ1) is 19.9. The molecule has 3 rings (SSSR count). The first-order valence-electron chi connectivity index (χ1n) is 9.21. The summed E-state index contributed by atoms with van der Waals surface area (Å²) in [4.78, 5) is 38.4. The molecule has 0 radical (unpaired) electrons.